The maximum Gasteiger partial charge on any atom is 0.240 e. The van der Waals surface area contributed by atoms with E-state index < -0.39 is 16.1 Å². The van der Waals surface area contributed by atoms with Crippen LogP contribution in [0.3, 0.4) is 0 Å². The van der Waals surface area contributed by atoms with Crippen molar-refractivity contribution in [3.05, 3.63) is 23.3 Å². The minimum absolute atomic E-state index is 0.00592. The molecule has 0 aliphatic rings. The summed E-state index contributed by atoms with van der Waals surface area (Å²) in [6, 6.07) is 3.18. The number of sulfonamides is 1. The Bertz CT molecular complexity index is 538. The van der Waals surface area contributed by atoms with Gasteiger partial charge in [0.15, 0.2) is 0 Å². The molecule has 0 fully saturated rings. The second-order valence-electron chi connectivity index (χ2n) is 4.45. The Balaban J connectivity index is 3.11. The minimum atomic E-state index is -3.61. The summed E-state index contributed by atoms with van der Waals surface area (Å²) in [5, 5.41) is 9.15. The van der Waals surface area contributed by atoms with Gasteiger partial charge in [0, 0.05) is 6.54 Å². The van der Waals surface area contributed by atoms with Crippen molar-refractivity contribution in [2.24, 2.45) is 0 Å². The van der Waals surface area contributed by atoms with Gasteiger partial charge in [-0.2, -0.15) is 0 Å². The summed E-state index contributed by atoms with van der Waals surface area (Å²) in [5.41, 5.74) is 1.46. The first-order chi connectivity index (χ1) is 8.79. The highest BCUT2D eigenvalue weighted by Crippen LogP contribution is 2.26. The Morgan fingerprint density at radius 2 is 1.95 bits per heavy atom. The van der Waals surface area contributed by atoms with Crippen molar-refractivity contribution >= 4 is 10.0 Å². The van der Waals surface area contributed by atoms with Gasteiger partial charge < -0.3 is 9.84 Å². The van der Waals surface area contributed by atoms with E-state index in [1.54, 1.807) is 13.0 Å². The van der Waals surface area contributed by atoms with Crippen LogP contribution < -0.4 is 9.46 Å². The smallest absolute Gasteiger partial charge is 0.240 e. The fraction of sp³-hybridized carbons (Fsp3) is 0.538. The number of rotatable bonds is 6. The zero-order valence-electron chi connectivity index (χ0n) is 11.7. The summed E-state index contributed by atoms with van der Waals surface area (Å²) in [4.78, 5) is 0.217. The number of ether oxygens (including phenoxy) is 1. The van der Waals surface area contributed by atoms with Crippen molar-refractivity contribution in [2.45, 2.75) is 38.7 Å². The van der Waals surface area contributed by atoms with Crippen LogP contribution in [0.25, 0.3) is 0 Å². The highest BCUT2D eigenvalue weighted by atomic mass is 32.2. The fourth-order valence-corrected chi connectivity index (χ4v) is 3.10. The highest BCUT2D eigenvalue weighted by Gasteiger charge is 2.19. The van der Waals surface area contributed by atoms with Crippen molar-refractivity contribution in [1.82, 2.24) is 4.72 Å². The van der Waals surface area contributed by atoms with E-state index in [4.69, 9.17) is 9.84 Å². The van der Waals surface area contributed by atoms with Crippen LogP contribution in [0, 0.1) is 13.8 Å². The van der Waals surface area contributed by atoms with E-state index in [2.05, 4.69) is 4.72 Å². The number of aliphatic hydroxyl groups excluding tert-OH is 1. The molecule has 0 saturated heterocycles. The quantitative estimate of drug-likeness (QED) is 0.828. The van der Waals surface area contributed by atoms with Gasteiger partial charge >= 0.3 is 0 Å². The predicted molar refractivity (Wildman–Crippen MR) is 74.0 cm³/mol. The molecule has 6 heteroatoms. The second kappa shape index (κ2) is 6.36. The van der Waals surface area contributed by atoms with Crippen molar-refractivity contribution in [2.75, 3.05) is 13.2 Å². The van der Waals surface area contributed by atoms with Crippen LogP contribution in [0.15, 0.2) is 17.0 Å². The van der Waals surface area contributed by atoms with E-state index in [9.17, 15) is 8.42 Å². The molecular formula is C13H21NO4S. The summed E-state index contributed by atoms with van der Waals surface area (Å²) in [6.07, 6.45) is -0.723. The maximum atomic E-state index is 12.1. The average molecular weight is 287 g/mol. The molecule has 0 spiro atoms. The lowest BCUT2D eigenvalue weighted by molar-refractivity contribution is 0.198. The predicted octanol–water partition coefficient (Wildman–Crippen LogP) is 1.36. The number of benzene rings is 1. The summed E-state index contributed by atoms with van der Waals surface area (Å²) in [6.45, 7) is 7.51. The minimum Gasteiger partial charge on any atom is -0.494 e. The third-order valence-electron chi connectivity index (χ3n) is 2.85. The Morgan fingerprint density at radius 1 is 1.32 bits per heavy atom. The van der Waals surface area contributed by atoms with E-state index >= 15 is 0 Å². The van der Waals surface area contributed by atoms with Crippen LogP contribution in [-0.2, 0) is 10.0 Å². The Labute approximate surface area is 114 Å². The standard InChI is InChI=1S/C13H21NO4S/c1-5-18-12-6-7-13(11(4)10(12)3)19(16,17)14-8-9(2)15/h6-7,9,14-15H,5,8H2,1-4H3. The molecule has 19 heavy (non-hydrogen) atoms. The van der Waals surface area contributed by atoms with E-state index in [1.165, 1.54) is 13.0 Å². The second-order valence-corrected chi connectivity index (χ2v) is 6.18. The van der Waals surface area contributed by atoms with Crippen molar-refractivity contribution < 1.29 is 18.3 Å². The zero-order chi connectivity index (χ0) is 14.6. The lowest BCUT2D eigenvalue weighted by Gasteiger charge is -2.15. The first-order valence-corrected chi connectivity index (χ1v) is 7.68. The topological polar surface area (TPSA) is 75.6 Å². The number of aliphatic hydroxyl groups is 1. The molecule has 1 aromatic rings. The lowest BCUT2D eigenvalue weighted by Crippen LogP contribution is -2.31. The molecule has 5 nitrogen and oxygen atoms in total. The molecule has 1 aromatic carbocycles. The molecule has 1 unspecified atom stereocenters. The molecule has 1 rings (SSSR count). The van der Waals surface area contributed by atoms with Gasteiger partial charge in [-0.25, -0.2) is 13.1 Å². The molecule has 0 bridgehead atoms. The maximum absolute atomic E-state index is 12.1. The molecule has 0 aromatic heterocycles. The van der Waals surface area contributed by atoms with Crippen molar-refractivity contribution in [3.63, 3.8) is 0 Å². The van der Waals surface area contributed by atoms with Crippen LogP contribution in [0.2, 0.25) is 0 Å². The number of hydrogen-bond donors (Lipinski definition) is 2. The lowest BCUT2D eigenvalue weighted by atomic mass is 10.1. The van der Waals surface area contributed by atoms with Gasteiger partial charge in [0.05, 0.1) is 17.6 Å². The molecule has 0 aliphatic carbocycles. The third-order valence-corrected chi connectivity index (χ3v) is 4.41. The summed E-state index contributed by atoms with van der Waals surface area (Å²) >= 11 is 0. The largest absolute Gasteiger partial charge is 0.494 e. The van der Waals surface area contributed by atoms with E-state index in [0.717, 1.165) is 5.56 Å². The van der Waals surface area contributed by atoms with Crippen LogP contribution in [0.1, 0.15) is 25.0 Å². The van der Waals surface area contributed by atoms with Gasteiger partial charge in [-0.3, -0.25) is 0 Å². The molecule has 108 valence electrons. The van der Waals surface area contributed by atoms with E-state index in [0.29, 0.717) is 17.9 Å². The van der Waals surface area contributed by atoms with Crippen LogP contribution in [0.4, 0.5) is 0 Å². The molecule has 1 atom stereocenters. The third kappa shape index (κ3) is 3.92. The van der Waals surface area contributed by atoms with Crippen molar-refractivity contribution in [3.8, 4) is 5.75 Å². The summed E-state index contributed by atoms with van der Waals surface area (Å²) in [7, 11) is -3.61. The molecule has 2 N–H and O–H groups in total. The Kier molecular flexibility index (Phi) is 5.34. The molecular weight excluding hydrogens is 266 g/mol. The summed E-state index contributed by atoms with van der Waals surface area (Å²) in [5.74, 6) is 0.689. The molecule has 0 radical (unpaired) electrons. The van der Waals surface area contributed by atoms with Crippen LogP contribution in [-0.4, -0.2) is 32.8 Å². The number of nitrogens with one attached hydrogen (secondary N) is 1. The first-order valence-electron chi connectivity index (χ1n) is 6.20. The molecule has 0 saturated carbocycles. The molecule has 0 amide bonds. The Hall–Kier alpha value is -1.11. The first kappa shape index (κ1) is 15.9. The normalized spacial score (nSPS) is 13.3. The van der Waals surface area contributed by atoms with Gasteiger partial charge in [-0.15, -0.1) is 0 Å². The van der Waals surface area contributed by atoms with Gasteiger partial charge in [0.2, 0.25) is 10.0 Å². The Morgan fingerprint density at radius 3 is 2.47 bits per heavy atom. The van der Waals surface area contributed by atoms with Gasteiger partial charge in [-0.1, -0.05) is 0 Å². The van der Waals surface area contributed by atoms with Gasteiger partial charge in [-0.05, 0) is 51.0 Å². The van der Waals surface area contributed by atoms with Gasteiger partial charge in [0.25, 0.3) is 0 Å². The van der Waals surface area contributed by atoms with E-state index in [1.807, 2.05) is 13.8 Å². The highest BCUT2D eigenvalue weighted by molar-refractivity contribution is 7.89. The zero-order valence-corrected chi connectivity index (χ0v) is 12.5. The van der Waals surface area contributed by atoms with Crippen LogP contribution >= 0.6 is 0 Å². The molecule has 0 heterocycles. The average Bonchev–Trinajstić information content (AvgIpc) is 2.33. The summed E-state index contributed by atoms with van der Waals surface area (Å²) < 4.78 is 32.0. The van der Waals surface area contributed by atoms with Gasteiger partial charge in [0.1, 0.15) is 5.75 Å². The SMILES string of the molecule is CCOc1ccc(S(=O)(=O)NCC(C)O)c(C)c1C. The fourth-order valence-electron chi connectivity index (χ4n) is 1.68. The van der Waals surface area contributed by atoms with Crippen molar-refractivity contribution in [1.29, 1.82) is 0 Å². The van der Waals surface area contributed by atoms with Crippen LogP contribution in [0.5, 0.6) is 5.75 Å². The monoisotopic (exact) mass is 287 g/mol. The molecule has 0 aliphatic heterocycles. The number of hydrogen-bond acceptors (Lipinski definition) is 4. The van der Waals surface area contributed by atoms with E-state index in [-0.39, 0.29) is 11.4 Å².